The fourth-order valence-electron chi connectivity index (χ4n) is 2.39. The van der Waals surface area contributed by atoms with Crippen LogP contribution in [-0.2, 0) is 12.3 Å². The zero-order valence-corrected chi connectivity index (χ0v) is 12.3. The maximum absolute atomic E-state index is 5.75. The van der Waals surface area contributed by atoms with Crippen LogP contribution in [0.1, 0.15) is 37.4 Å². The molecule has 96 valence electrons. The molecule has 17 heavy (non-hydrogen) atoms. The van der Waals surface area contributed by atoms with Gasteiger partial charge in [0.1, 0.15) is 0 Å². The third-order valence-corrected chi connectivity index (χ3v) is 4.59. The minimum atomic E-state index is 0.521. The summed E-state index contributed by atoms with van der Waals surface area (Å²) < 4.78 is 0. The van der Waals surface area contributed by atoms with Crippen molar-refractivity contribution >= 4 is 22.9 Å². The quantitative estimate of drug-likeness (QED) is 0.762. The first kappa shape index (κ1) is 13.3. The van der Waals surface area contributed by atoms with Gasteiger partial charge in [-0.05, 0) is 31.3 Å². The Morgan fingerprint density at radius 2 is 2.35 bits per heavy atom. The smallest absolute Gasteiger partial charge is 0.0929 e. The number of aromatic nitrogens is 1. The molecule has 0 aliphatic carbocycles. The van der Waals surface area contributed by atoms with Crippen LogP contribution in [0, 0.1) is 5.41 Å². The second-order valence-corrected chi connectivity index (χ2v) is 6.87. The van der Waals surface area contributed by atoms with Gasteiger partial charge in [0, 0.05) is 18.3 Å². The lowest BCUT2D eigenvalue weighted by Crippen LogP contribution is -2.24. The second kappa shape index (κ2) is 5.68. The van der Waals surface area contributed by atoms with E-state index in [1.165, 1.54) is 37.5 Å². The molecule has 2 rings (SSSR count). The minimum Gasteiger partial charge on any atom is -0.303 e. The van der Waals surface area contributed by atoms with Gasteiger partial charge in [0.25, 0.3) is 0 Å². The highest BCUT2D eigenvalue weighted by molar-refractivity contribution is 7.09. The molecule has 0 bridgehead atoms. The molecule has 1 aliphatic rings. The molecule has 2 nitrogen and oxygen atoms in total. The highest BCUT2D eigenvalue weighted by Gasteiger charge is 2.28. The van der Waals surface area contributed by atoms with E-state index < -0.39 is 0 Å². The summed E-state index contributed by atoms with van der Waals surface area (Å²) in [4.78, 5) is 7.07. The molecule has 4 heteroatoms. The first-order valence-corrected chi connectivity index (χ1v) is 7.72. The molecule has 1 aromatic rings. The normalized spacial score (nSPS) is 19.9. The number of nitrogens with zero attached hydrogens (tertiary/aromatic N) is 2. The summed E-state index contributed by atoms with van der Waals surface area (Å²) in [5.74, 6) is 0.539. The molecule has 0 saturated carbocycles. The number of thiazole rings is 1. The third-order valence-electron chi connectivity index (χ3n) is 3.36. The van der Waals surface area contributed by atoms with Crippen LogP contribution in [0.2, 0.25) is 0 Å². The molecule has 1 aromatic heterocycles. The Hall–Kier alpha value is -0.120. The number of alkyl halides is 1. The summed E-state index contributed by atoms with van der Waals surface area (Å²) in [6, 6.07) is 0. The van der Waals surface area contributed by atoms with Crippen molar-refractivity contribution in [1.29, 1.82) is 0 Å². The second-order valence-electron chi connectivity index (χ2n) is 5.66. The van der Waals surface area contributed by atoms with Crippen molar-refractivity contribution in [3.63, 3.8) is 0 Å². The summed E-state index contributed by atoms with van der Waals surface area (Å²) in [5, 5.41) is 3.31. The lowest BCUT2D eigenvalue weighted by Gasteiger charge is -2.19. The summed E-state index contributed by atoms with van der Waals surface area (Å²) >= 11 is 7.49. The van der Waals surface area contributed by atoms with Gasteiger partial charge in [-0.25, -0.2) is 4.98 Å². The molecule has 0 radical (unpaired) electrons. The van der Waals surface area contributed by atoms with Crippen molar-refractivity contribution in [3.8, 4) is 0 Å². The Bertz CT molecular complexity index is 362. The number of hydrogen-bond acceptors (Lipinski definition) is 3. The van der Waals surface area contributed by atoms with E-state index in [1.807, 2.05) is 0 Å². The summed E-state index contributed by atoms with van der Waals surface area (Å²) in [6.07, 6.45) is 3.64. The molecule has 0 N–H and O–H groups in total. The maximum Gasteiger partial charge on any atom is 0.0929 e. The third kappa shape index (κ3) is 3.94. The molecule has 0 spiro atoms. The van der Waals surface area contributed by atoms with Crippen molar-refractivity contribution in [3.05, 3.63) is 16.1 Å². The zero-order valence-electron chi connectivity index (χ0n) is 10.7. The van der Waals surface area contributed by atoms with Crippen molar-refractivity contribution in [2.75, 3.05) is 19.6 Å². The SMILES string of the molecule is CC1(C)CCN(CCCc2nc(CCl)cs2)C1. The van der Waals surface area contributed by atoms with E-state index in [9.17, 15) is 0 Å². The fourth-order valence-corrected chi connectivity index (χ4v) is 3.46. The van der Waals surface area contributed by atoms with Gasteiger partial charge in [-0.1, -0.05) is 13.8 Å². The monoisotopic (exact) mass is 272 g/mol. The van der Waals surface area contributed by atoms with Crippen LogP contribution in [0.4, 0.5) is 0 Å². The number of halogens is 1. The molecule has 0 unspecified atom stereocenters. The first-order chi connectivity index (χ1) is 8.09. The minimum absolute atomic E-state index is 0.521. The molecule has 1 saturated heterocycles. The van der Waals surface area contributed by atoms with Crippen LogP contribution in [0.3, 0.4) is 0 Å². The molecule has 0 atom stereocenters. The largest absolute Gasteiger partial charge is 0.303 e. The van der Waals surface area contributed by atoms with Crippen LogP contribution in [-0.4, -0.2) is 29.5 Å². The number of likely N-dealkylation sites (tertiary alicyclic amines) is 1. The van der Waals surface area contributed by atoms with Crippen molar-refractivity contribution in [2.45, 2.75) is 39.0 Å². The predicted octanol–water partition coefficient (Wildman–Crippen LogP) is 3.55. The maximum atomic E-state index is 5.75. The molecule has 2 heterocycles. The van der Waals surface area contributed by atoms with E-state index in [1.54, 1.807) is 11.3 Å². The molecule has 1 fully saturated rings. The number of hydrogen-bond donors (Lipinski definition) is 0. The van der Waals surface area contributed by atoms with Crippen molar-refractivity contribution in [2.24, 2.45) is 5.41 Å². The Kier molecular flexibility index (Phi) is 4.45. The van der Waals surface area contributed by atoms with Crippen molar-refractivity contribution < 1.29 is 0 Å². The molecule has 0 aromatic carbocycles. The highest BCUT2D eigenvalue weighted by Crippen LogP contribution is 2.28. The summed E-state index contributed by atoms with van der Waals surface area (Å²) in [6.45, 7) is 8.44. The summed E-state index contributed by atoms with van der Waals surface area (Å²) in [5.41, 5.74) is 1.54. The predicted molar refractivity (Wildman–Crippen MR) is 74.8 cm³/mol. The lowest BCUT2D eigenvalue weighted by atomic mass is 9.93. The zero-order chi connectivity index (χ0) is 12.3. The molecule has 1 aliphatic heterocycles. The summed E-state index contributed by atoms with van der Waals surface area (Å²) in [7, 11) is 0. The molecular weight excluding hydrogens is 252 g/mol. The van der Waals surface area contributed by atoms with Crippen LogP contribution in [0.25, 0.3) is 0 Å². The van der Waals surface area contributed by atoms with Gasteiger partial charge in [-0.15, -0.1) is 22.9 Å². The lowest BCUT2D eigenvalue weighted by molar-refractivity contribution is 0.288. The molecule has 0 amide bonds. The molecular formula is C13H21ClN2S. The van der Waals surface area contributed by atoms with Gasteiger partial charge in [-0.3, -0.25) is 0 Å². The van der Waals surface area contributed by atoms with Gasteiger partial charge >= 0.3 is 0 Å². The van der Waals surface area contributed by atoms with Crippen LogP contribution >= 0.6 is 22.9 Å². The Labute approximate surface area is 113 Å². The van der Waals surface area contributed by atoms with E-state index in [0.29, 0.717) is 11.3 Å². The van der Waals surface area contributed by atoms with Gasteiger partial charge in [0.05, 0.1) is 16.6 Å². The Morgan fingerprint density at radius 1 is 1.53 bits per heavy atom. The van der Waals surface area contributed by atoms with E-state index >= 15 is 0 Å². The van der Waals surface area contributed by atoms with Crippen LogP contribution in [0.15, 0.2) is 5.38 Å². The van der Waals surface area contributed by atoms with Gasteiger partial charge in [0.2, 0.25) is 0 Å². The Morgan fingerprint density at radius 3 is 2.94 bits per heavy atom. The van der Waals surface area contributed by atoms with E-state index in [4.69, 9.17) is 11.6 Å². The number of aryl methyl sites for hydroxylation is 1. The topological polar surface area (TPSA) is 16.1 Å². The van der Waals surface area contributed by atoms with Gasteiger partial charge < -0.3 is 4.90 Å². The van der Waals surface area contributed by atoms with E-state index in [0.717, 1.165) is 12.1 Å². The van der Waals surface area contributed by atoms with Crippen LogP contribution < -0.4 is 0 Å². The average molecular weight is 273 g/mol. The van der Waals surface area contributed by atoms with E-state index in [-0.39, 0.29) is 0 Å². The number of rotatable bonds is 5. The highest BCUT2D eigenvalue weighted by atomic mass is 35.5. The Balaban J connectivity index is 1.69. The average Bonchev–Trinajstić information content (AvgIpc) is 2.85. The van der Waals surface area contributed by atoms with E-state index in [2.05, 4.69) is 29.1 Å². The van der Waals surface area contributed by atoms with Crippen molar-refractivity contribution in [1.82, 2.24) is 9.88 Å². The first-order valence-electron chi connectivity index (χ1n) is 6.31. The fraction of sp³-hybridized carbons (Fsp3) is 0.769. The van der Waals surface area contributed by atoms with Gasteiger partial charge in [-0.2, -0.15) is 0 Å². The van der Waals surface area contributed by atoms with Crippen LogP contribution in [0.5, 0.6) is 0 Å². The van der Waals surface area contributed by atoms with Gasteiger partial charge in [0.15, 0.2) is 0 Å². The standard InChI is InChI=1S/C13H21ClN2S/c1-13(2)5-7-16(10-13)6-3-4-12-15-11(8-14)9-17-12/h9H,3-8,10H2,1-2H3.